The average molecular weight is 350 g/mol. The Bertz CT molecular complexity index is 916. The van der Waals surface area contributed by atoms with Crippen molar-refractivity contribution in [2.75, 3.05) is 0 Å². The highest BCUT2D eigenvalue weighted by Crippen LogP contribution is 2.31. The number of imidazole rings is 1. The van der Waals surface area contributed by atoms with Crippen LogP contribution in [0.3, 0.4) is 0 Å². The second kappa shape index (κ2) is 6.88. The monoisotopic (exact) mass is 350 g/mol. The first-order valence-corrected chi connectivity index (χ1v) is 8.93. The number of amides is 1. The molecule has 2 N–H and O–H groups in total. The molecular weight excluding hydrogens is 328 g/mol. The number of aliphatic hydroxyl groups excluding tert-OH is 1. The van der Waals surface area contributed by atoms with Gasteiger partial charge in [-0.05, 0) is 49.9 Å². The van der Waals surface area contributed by atoms with Crippen LogP contribution in [0.5, 0.6) is 0 Å². The van der Waals surface area contributed by atoms with E-state index in [9.17, 15) is 9.90 Å². The molecule has 3 heterocycles. The highest BCUT2D eigenvalue weighted by molar-refractivity contribution is 6.00. The van der Waals surface area contributed by atoms with Gasteiger partial charge in [-0.1, -0.05) is 6.07 Å². The number of pyridine rings is 2. The lowest BCUT2D eigenvalue weighted by molar-refractivity contribution is 0.0238. The van der Waals surface area contributed by atoms with Gasteiger partial charge in [0.05, 0.1) is 17.4 Å². The molecule has 6 nitrogen and oxygen atoms in total. The summed E-state index contributed by atoms with van der Waals surface area (Å²) in [6.45, 7) is 1.91. The van der Waals surface area contributed by atoms with E-state index in [1.54, 1.807) is 12.3 Å². The van der Waals surface area contributed by atoms with Crippen molar-refractivity contribution in [3.8, 4) is 0 Å². The minimum Gasteiger partial charge on any atom is -0.393 e. The maximum atomic E-state index is 12.9. The number of hydrogen-bond acceptors (Lipinski definition) is 4. The van der Waals surface area contributed by atoms with Gasteiger partial charge in [0.1, 0.15) is 5.65 Å². The Morgan fingerprint density at radius 2 is 2.19 bits per heavy atom. The van der Waals surface area contributed by atoms with Gasteiger partial charge in [0.2, 0.25) is 0 Å². The van der Waals surface area contributed by atoms with Crippen molar-refractivity contribution in [3.63, 3.8) is 0 Å². The molecule has 1 amide bonds. The fourth-order valence-electron chi connectivity index (χ4n) is 3.60. The molecule has 4 rings (SSSR count). The van der Waals surface area contributed by atoms with Crippen LogP contribution in [-0.4, -0.2) is 37.5 Å². The van der Waals surface area contributed by atoms with Gasteiger partial charge in [0.25, 0.3) is 5.91 Å². The fourth-order valence-corrected chi connectivity index (χ4v) is 3.60. The lowest BCUT2D eigenvalue weighted by Crippen LogP contribution is -2.48. The molecule has 0 saturated heterocycles. The van der Waals surface area contributed by atoms with Crippen LogP contribution in [0.25, 0.3) is 5.65 Å². The van der Waals surface area contributed by atoms with Crippen molar-refractivity contribution in [2.24, 2.45) is 5.92 Å². The molecule has 0 aromatic carbocycles. The van der Waals surface area contributed by atoms with E-state index in [0.29, 0.717) is 30.5 Å². The van der Waals surface area contributed by atoms with E-state index in [4.69, 9.17) is 0 Å². The summed E-state index contributed by atoms with van der Waals surface area (Å²) in [5, 5.41) is 12.8. The van der Waals surface area contributed by atoms with Crippen LogP contribution in [0.15, 0.2) is 48.9 Å². The minimum absolute atomic E-state index is 0.0582. The number of fused-ring (bicyclic) bond motifs is 1. The number of carbonyl (C=O) groups excluding carboxylic acids is 1. The largest absolute Gasteiger partial charge is 0.393 e. The van der Waals surface area contributed by atoms with Crippen LogP contribution in [0.4, 0.5) is 0 Å². The van der Waals surface area contributed by atoms with E-state index in [1.165, 1.54) is 0 Å². The number of rotatable bonds is 5. The summed E-state index contributed by atoms with van der Waals surface area (Å²) >= 11 is 0. The molecule has 6 heteroatoms. The third kappa shape index (κ3) is 3.32. The number of carbonyl (C=O) groups is 1. The minimum atomic E-state index is -0.262. The first-order chi connectivity index (χ1) is 12.6. The van der Waals surface area contributed by atoms with Crippen LogP contribution in [0.2, 0.25) is 0 Å². The zero-order chi connectivity index (χ0) is 18.1. The maximum Gasteiger partial charge on any atom is 0.255 e. The topological polar surface area (TPSA) is 79.5 Å². The van der Waals surface area contributed by atoms with Crippen molar-refractivity contribution in [1.29, 1.82) is 0 Å². The maximum absolute atomic E-state index is 12.9. The molecule has 0 aliphatic heterocycles. The number of hydrogen-bond donors (Lipinski definition) is 2. The van der Waals surface area contributed by atoms with Gasteiger partial charge in [-0.15, -0.1) is 0 Å². The molecule has 3 aromatic rings. The van der Waals surface area contributed by atoms with Crippen LogP contribution in [0.1, 0.15) is 34.6 Å². The molecule has 1 saturated carbocycles. The van der Waals surface area contributed by atoms with Crippen LogP contribution in [0, 0.1) is 12.8 Å². The van der Waals surface area contributed by atoms with E-state index in [-0.39, 0.29) is 24.0 Å². The second-order valence-corrected chi connectivity index (χ2v) is 7.03. The van der Waals surface area contributed by atoms with Crippen LogP contribution >= 0.6 is 0 Å². The van der Waals surface area contributed by atoms with Crippen molar-refractivity contribution in [2.45, 2.75) is 38.3 Å². The Hall–Kier alpha value is -2.73. The van der Waals surface area contributed by atoms with Gasteiger partial charge in [0, 0.05) is 36.7 Å². The Kier molecular flexibility index (Phi) is 4.42. The van der Waals surface area contributed by atoms with E-state index in [2.05, 4.69) is 15.3 Å². The smallest absolute Gasteiger partial charge is 0.255 e. The molecule has 1 aliphatic carbocycles. The van der Waals surface area contributed by atoms with Gasteiger partial charge in [-0.2, -0.15) is 0 Å². The molecule has 1 aliphatic rings. The Labute approximate surface area is 151 Å². The number of nitrogens with zero attached hydrogens (tertiary/aromatic N) is 3. The summed E-state index contributed by atoms with van der Waals surface area (Å²) in [6.07, 6.45) is 7.37. The number of aryl methyl sites for hydroxylation is 1. The number of aromatic nitrogens is 3. The molecule has 1 atom stereocenters. The normalized spacial score (nSPS) is 20.5. The molecule has 26 heavy (non-hydrogen) atoms. The molecule has 0 unspecified atom stereocenters. The number of nitrogens with one attached hydrogen (secondary N) is 1. The number of aliphatic hydroxyl groups is 1. The van der Waals surface area contributed by atoms with Gasteiger partial charge in [0.15, 0.2) is 0 Å². The average Bonchev–Trinajstić information content (AvgIpc) is 2.99. The first kappa shape index (κ1) is 16.7. The van der Waals surface area contributed by atoms with Crippen LogP contribution < -0.4 is 5.32 Å². The Morgan fingerprint density at radius 1 is 1.35 bits per heavy atom. The Morgan fingerprint density at radius 3 is 2.92 bits per heavy atom. The molecule has 134 valence electrons. The van der Waals surface area contributed by atoms with Crippen molar-refractivity contribution in [3.05, 3.63) is 65.9 Å². The van der Waals surface area contributed by atoms with E-state index in [1.807, 2.05) is 48.0 Å². The Balaban J connectivity index is 1.57. The fraction of sp³-hybridized carbons (Fsp3) is 0.350. The van der Waals surface area contributed by atoms with Gasteiger partial charge in [-0.3, -0.25) is 9.78 Å². The van der Waals surface area contributed by atoms with Crippen LogP contribution in [-0.2, 0) is 6.42 Å². The standard InChI is InChI=1S/C20H22N4O2/c1-13-12-24-8-4-6-17(19(24)22-13)20(26)23-18(14-9-16(25)10-14)11-15-5-2-3-7-21-15/h2-8,12,14,16,18,25H,9-11H2,1H3,(H,23,26)/t14?,16?,18-/m0/s1. The summed E-state index contributed by atoms with van der Waals surface area (Å²) in [6, 6.07) is 9.38. The SMILES string of the molecule is Cc1cn2cccc(C(=O)N[C@@H](Cc3ccccn3)C3CC(O)C3)c2n1. The zero-order valence-corrected chi connectivity index (χ0v) is 14.7. The predicted octanol–water partition coefficient (Wildman–Crippen LogP) is 2.15. The third-order valence-corrected chi connectivity index (χ3v) is 5.04. The quantitative estimate of drug-likeness (QED) is 0.739. The zero-order valence-electron chi connectivity index (χ0n) is 14.7. The third-order valence-electron chi connectivity index (χ3n) is 5.04. The van der Waals surface area contributed by atoms with E-state index < -0.39 is 0 Å². The summed E-state index contributed by atoms with van der Waals surface area (Å²) < 4.78 is 1.87. The van der Waals surface area contributed by atoms with Gasteiger partial charge < -0.3 is 14.8 Å². The molecular formula is C20H22N4O2. The second-order valence-electron chi connectivity index (χ2n) is 7.03. The summed E-state index contributed by atoms with van der Waals surface area (Å²) in [4.78, 5) is 21.8. The molecule has 3 aromatic heterocycles. The van der Waals surface area contributed by atoms with E-state index in [0.717, 1.165) is 11.4 Å². The molecule has 0 spiro atoms. The van der Waals surface area contributed by atoms with Crippen molar-refractivity contribution < 1.29 is 9.90 Å². The highest BCUT2D eigenvalue weighted by atomic mass is 16.3. The highest BCUT2D eigenvalue weighted by Gasteiger charge is 2.35. The molecule has 1 fully saturated rings. The van der Waals surface area contributed by atoms with Gasteiger partial charge >= 0.3 is 0 Å². The predicted molar refractivity (Wildman–Crippen MR) is 97.9 cm³/mol. The lowest BCUT2D eigenvalue weighted by Gasteiger charge is -2.38. The lowest BCUT2D eigenvalue weighted by atomic mass is 9.76. The molecule has 0 radical (unpaired) electrons. The van der Waals surface area contributed by atoms with Crippen molar-refractivity contribution in [1.82, 2.24) is 19.7 Å². The molecule has 0 bridgehead atoms. The summed E-state index contributed by atoms with van der Waals surface area (Å²) in [5.74, 6) is 0.126. The first-order valence-electron chi connectivity index (χ1n) is 8.93. The summed E-state index contributed by atoms with van der Waals surface area (Å²) in [7, 11) is 0. The van der Waals surface area contributed by atoms with Gasteiger partial charge in [-0.25, -0.2) is 4.98 Å². The van der Waals surface area contributed by atoms with Crippen molar-refractivity contribution >= 4 is 11.6 Å². The summed E-state index contributed by atoms with van der Waals surface area (Å²) in [5.41, 5.74) is 3.03. The van der Waals surface area contributed by atoms with E-state index >= 15 is 0 Å².